The first-order chi connectivity index (χ1) is 5.56. The predicted molar refractivity (Wildman–Crippen MR) is 50.2 cm³/mol. The van der Waals surface area contributed by atoms with Crippen LogP contribution in [0.2, 0.25) is 0 Å². The Morgan fingerprint density at radius 3 is 2.00 bits per heavy atom. The third-order valence-corrected chi connectivity index (χ3v) is 3.23. The molecule has 0 aromatic carbocycles. The molecular weight excluding hydrogens is 216 g/mol. The van der Waals surface area contributed by atoms with Gasteiger partial charge in [0.05, 0.1) is 0 Å². The SMILES string of the molecule is CC(=O)N(Cl)S(=O)(=O)NC(C)(C)C. The first-order valence-corrected chi connectivity index (χ1v) is 5.34. The minimum Gasteiger partial charge on any atom is -0.273 e. The molecule has 0 saturated carbocycles. The molecule has 0 heterocycles. The van der Waals surface area contributed by atoms with Crippen molar-refractivity contribution in [1.82, 2.24) is 8.55 Å². The molecule has 0 fully saturated rings. The maximum absolute atomic E-state index is 11.2. The van der Waals surface area contributed by atoms with Crippen LogP contribution in [0, 0.1) is 0 Å². The van der Waals surface area contributed by atoms with Gasteiger partial charge in [-0.2, -0.15) is 13.1 Å². The van der Waals surface area contributed by atoms with Gasteiger partial charge in [-0.3, -0.25) is 4.79 Å². The number of rotatable bonds is 2. The van der Waals surface area contributed by atoms with Gasteiger partial charge in [-0.05, 0) is 20.8 Å². The standard InChI is InChI=1S/C6H13ClN2O3S/c1-5(10)9(7)13(11,12)8-6(2,3)4/h8H,1-4H3. The lowest BCUT2D eigenvalue weighted by molar-refractivity contribution is -0.121. The van der Waals surface area contributed by atoms with Crippen molar-refractivity contribution >= 4 is 27.9 Å². The molecule has 78 valence electrons. The molecule has 0 bridgehead atoms. The van der Waals surface area contributed by atoms with Crippen molar-refractivity contribution in [3.05, 3.63) is 0 Å². The summed E-state index contributed by atoms with van der Waals surface area (Å²) >= 11 is 5.25. The molecule has 0 rings (SSSR count). The Balaban J connectivity index is 4.71. The Morgan fingerprint density at radius 2 is 1.77 bits per heavy atom. The van der Waals surface area contributed by atoms with Gasteiger partial charge in [0.25, 0.3) is 0 Å². The fraction of sp³-hybridized carbons (Fsp3) is 0.833. The maximum atomic E-state index is 11.2. The molecule has 0 aliphatic carbocycles. The molecule has 0 radical (unpaired) electrons. The molecule has 1 N–H and O–H groups in total. The second-order valence-electron chi connectivity index (χ2n) is 3.59. The van der Waals surface area contributed by atoms with Gasteiger partial charge in [0.1, 0.15) is 0 Å². The third kappa shape index (κ3) is 4.44. The minimum atomic E-state index is -3.92. The van der Waals surface area contributed by atoms with Crippen molar-refractivity contribution in [3.8, 4) is 0 Å². The van der Waals surface area contributed by atoms with Gasteiger partial charge in [-0.15, -0.1) is 3.82 Å². The van der Waals surface area contributed by atoms with Crippen LogP contribution >= 0.6 is 11.8 Å². The first kappa shape index (κ1) is 12.7. The van der Waals surface area contributed by atoms with Crippen LogP contribution in [0.5, 0.6) is 0 Å². The zero-order valence-corrected chi connectivity index (χ0v) is 9.53. The maximum Gasteiger partial charge on any atom is 0.318 e. The summed E-state index contributed by atoms with van der Waals surface area (Å²) in [6.07, 6.45) is 0. The van der Waals surface area contributed by atoms with Crippen molar-refractivity contribution in [2.45, 2.75) is 33.2 Å². The summed E-state index contributed by atoms with van der Waals surface area (Å²) in [5.41, 5.74) is -0.665. The minimum absolute atomic E-state index is 0.151. The Morgan fingerprint density at radius 1 is 1.38 bits per heavy atom. The van der Waals surface area contributed by atoms with Crippen molar-refractivity contribution in [2.24, 2.45) is 0 Å². The molecule has 0 aromatic rings. The van der Waals surface area contributed by atoms with E-state index >= 15 is 0 Å². The monoisotopic (exact) mass is 228 g/mol. The van der Waals surface area contributed by atoms with E-state index in [4.69, 9.17) is 11.8 Å². The topological polar surface area (TPSA) is 66.5 Å². The summed E-state index contributed by atoms with van der Waals surface area (Å²) in [4.78, 5) is 10.7. The van der Waals surface area contributed by atoms with Crippen molar-refractivity contribution in [2.75, 3.05) is 0 Å². The van der Waals surface area contributed by atoms with E-state index < -0.39 is 21.7 Å². The number of carbonyl (C=O) groups excluding carboxylic acids is 1. The van der Waals surface area contributed by atoms with Crippen LogP contribution < -0.4 is 4.72 Å². The number of hydrogen-bond acceptors (Lipinski definition) is 3. The fourth-order valence-corrected chi connectivity index (χ4v) is 1.89. The zero-order valence-electron chi connectivity index (χ0n) is 7.96. The molecule has 1 amide bonds. The summed E-state index contributed by atoms with van der Waals surface area (Å²) < 4.78 is 24.9. The highest BCUT2D eigenvalue weighted by Crippen LogP contribution is 2.08. The van der Waals surface area contributed by atoms with Crippen LogP contribution in [-0.4, -0.2) is 23.7 Å². The second kappa shape index (κ2) is 3.81. The number of amides is 1. The van der Waals surface area contributed by atoms with Crippen LogP contribution in [-0.2, 0) is 15.0 Å². The van der Waals surface area contributed by atoms with E-state index in [0.717, 1.165) is 6.92 Å². The van der Waals surface area contributed by atoms with Crippen LogP contribution in [0.15, 0.2) is 0 Å². The second-order valence-corrected chi connectivity index (χ2v) is 5.65. The Bertz CT molecular complexity index is 293. The molecule has 13 heavy (non-hydrogen) atoms. The van der Waals surface area contributed by atoms with Gasteiger partial charge in [-0.1, -0.05) is 0 Å². The lowest BCUT2D eigenvalue weighted by atomic mass is 10.1. The molecule has 0 aromatic heterocycles. The van der Waals surface area contributed by atoms with E-state index in [2.05, 4.69) is 4.72 Å². The summed E-state index contributed by atoms with van der Waals surface area (Å²) in [6, 6.07) is 0. The number of carbonyl (C=O) groups is 1. The van der Waals surface area contributed by atoms with Crippen molar-refractivity contribution < 1.29 is 13.2 Å². The number of nitrogens with zero attached hydrogens (tertiary/aromatic N) is 1. The summed E-state index contributed by atoms with van der Waals surface area (Å²) in [5, 5.41) is 0. The van der Waals surface area contributed by atoms with Crippen LogP contribution in [0.4, 0.5) is 0 Å². The van der Waals surface area contributed by atoms with Crippen LogP contribution in [0.3, 0.4) is 0 Å². The Labute approximate surface area is 83.3 Å². The fourth-order valence-electron chi connectivity index (χ4n) is 0.596. The highest BCUT2D eigenvalue weighted by molar-refractivity contribution is 7.88. The molecule has 0 unspecified atom stereocenters. The predicted octanol–water partition coefficient (Wildman–Crippen LogP) is 0.622. The van der Waals surface area contributed by atoms with Crippen molar-refractivity contribution in [1.29, 1.82) is 0 Å². The molecule has 0 atom stereocenters. The van der Waals surface area contributed by atoms with Crippen molar-refractivity contribution in [3.63, 3.8) is 0 Å². The number of nitrogens with one attached hydrogen (secondary N) is 1. The van der Waals surface area contributed by atoms with E-state index in [1.807, 2.05) is 0 Å². The van der Waals surface area contributed by atoms with Gasteiger partial charge in [0.2, 0.25) is 5.91 Å². The van der Waals surface area contributed by atoms with E-state index in [-0.39, 0.29) is 3.82 Å². The third-order valence-electron chi connectivity index (χ3n) is 0.894. The normalized spacial score (nSPS) is 12.7. The molecule has 0 saturated heterocycles. The number of hydrogen-bond donors (Lipinski definition) is 1. The van der Waals surface area contributed by atoms with E-state index in [1.165, 1.54) is 0 Å². The molecule has 7 heteroatoms. The highest BCUT2D eigenvalue weighted by atomic mass is 35.5. The van der Waals surface area contributed by atoms with E-state index in [0.29, 0.717) is 0 Å². The molecule has 0 aliphatic heterocycles. The quantitative estimate of drug-likeness (QED) is 0.705. The summed E-state index contributed by atoms with van der Waals surface area (Å²) in [6.45, 7) is 6.01. The molecule has 0 aliphatic rings. The van der Waals surface area contributed by atoms with Gasteiger partial charge in [0, 0.05) is 24.2 Å². The van der Waals surface area contributed by atoms with E-state index in [9.17, 15) is 13.2 Å². The lowest BCUT2D eigenvalue weighted by Crippen LogP contribution is -2.47. The smallest absolute Gasteiger partial charge is 0.273 e. The first-order valence-electron chi connectivity index (χ1n) is 3.57. The largest absolute Gasteiger partial charge is 0.318 e. The Kier molecular flexibility index (Phi) is 3.71. The summed E-state index contributed by atoms with van der Waals surface area (Å²) in [5.74, 6) is -0.751. The van der Waals surface area contributed by atoms with Crippen LogP contribution in [0.25, 0.3) is 0 Å². The van der Waals surface area contributed by atoms with Gasteiger partial charge >= 0.3 is 10.2 Å². The lowest BCUT2D eigenvalue weighted by Gasteiger charge is -2.22. The van der Waals surface area contributed by atoms with Gasteiger partial charge < -0.3 is 0 Å². The Hall–Kier alpha value is -0.330. The molecule has 0 spiro atoms. The van der Waals surface area contributed by atoms with Crippen LogP contribution in [0.1, 0.15) is 27.7 Å². The highest BCUT2D eigenvalue weighted by Gasteiger charge is 2.27. The number of halogens is 1. The summed E-state index contributed by atoms with van der Waals surface area (Å²) in [7, 11) is -3.92. The van der Waals surface area contributed by atoms with Gasteiger partial charge in [-0.25, -0.2) is 0 Å². The van der Waals surface area contributed by atoms with Gasteiger partial charge in [0.15, 0.2) is 0 Å². The molecular formula is C6H13ClN2O3S. The average molecular weight is 229 g/mol. The van der Waals surface area contributed by atoms with E-state index in [1.54, 1.807) is 20.8 Å². The zero-order chi connectivity index (χ0) is 10.9. The molecule has 5 nitrogen and oxygen atoms in total. The average Bonchev–Trinajstić information content (AvgIpc) is 1.80.